The third-order valence-corrected chi connectivity index (χ3v) is 7.00. The highest BCUT2D eigenvalue weighted by Gasteiger charge is 2.48. The van der Waals surface area contributed by atoms with E-state index >= 15 is 0 Å². The predicted octanol–water partition coefficient (Wildman–Crippen LogP) is 6.11. The van der Waals surface area contributed by atoms with E-state index in [1.54, 1.807) is 5.06 Å². The van der Waals surface area contributed by atoms with Crippen LogP contribution in [-0.2, 0) is 14.2 Å². The Morgan fingerprint density at radius 2 is 1.23 bits per heavy atom. The van der Waals surface area contributed by atoms with Crippen molar-refractivity contribution in [3.63, 3.8) is 0 Å². The minimum absolute atomic E-state index is 0.0779. The quantitative estimate of drug-likeness (QED) is 0.227. The fraction of sp³-hybridized carbons (Fsp3) is 1.00. The molecule has 0 radical (unpaired) electrons. The molecule has 31 heavy (non-hydrogen) atoms. The van der Waals surface area contributed by atoms with Crippen molar-refractivity contribution in [3.05, 3.63) is 0 Å². The lowest BCUT2D eigenvalue weighted by molar-refractivity contribution is -0.261. The number of piperidine rings is 1. The summed E-state index contributed by atoms with van der Waals surface area (Å²) in [6.07, 6.45) is 18.9. The Balaban J connectivity index is 1.34. The van der Waals surface area contributed by atoms with E-state index in [0.717, 1.165) is 39.1 Å². The molecule has 0 bridgehead atoms. The van der Waals surface area contributed by atoms with Gasteiger partial charge in [-0.25, -0.2) is 0 Å². The summed E-state index contributed by atoms with van der Waals surface area (Å²) in [5.74, 6) is 0. The first-order chi connectivity index (χ1) is 14.8. The van der Waals surface area contributed by atoms with Crippen molar-refractivity contribution in [2.45, 2.75) is 147 Å². The van der Waals surface area contributed by atoms with Crippen molar-refractivity contribution in [1.82, 2.24) is 5.06 Å². The number of hydrogen-bond donors (Lipinski definition) is 0. The molecular formula is C26H52NO4+. The van der Waals surface area contributed by atoms with E-state index in [4.69, 9.17) is 19.4 Å². The van der Waals surface area contributed by atoms with Crippen molar-refractivity contribution >= 4 is 0 Å². The molecule has 0 aromatic carbocycles. The second-order valence-electron chi connectivity index (χ2n) is 11.1. The average Bonchev–Trinajstić information content (AvgIpc) is 2.72. The highest BCUT2D eigenvalue weighted by molar-refractivity contribution is 4.96. The fourth-order valence-corrected chi connectivity index (χ4v) is 5.23. The summed E-state index contributed by atoms with van der Waals surface area (Å²) >= 11 is 0. The van der Waals surface area contributed by atoms with Crippen molar-refractivity contribution in [1.29, 1.82) is 0 Å². The molecule has 0 amide bonds. The zero-order valence-corrected chi connectivity index (χ0v) is 21.1. The average molecular weight is 443 g/mol. The van der Waals surface area contributed by atoms with Crippen LogP contribution in [0.3, 0.4) is 0 Å². The maximum atomic E-state index is 8.35. The lowest BCUT2D eigenvalue weighted by atomic mass is 9.80. The van der Waals surface area contributed by atoms with Gasteiger partial charge in [0.1, 0.15) is 0 Å². The van der Waals surface area contributed by atoms with Crippen LogP contribution in [0, 0.1) is 0 Å². The van der Waals surface area contributed by atoms with Crippen LogP contribution in [0.25, 0.3) is 0 Å². The largest absolute Gasteiger partial charge is 0.378 e. The maximum absolute atomic E-state index is 8.35. The Kier molecular flexibility index (Phi) is 12.3. The normalized spacial score (nSPS) is 24.5. The van der Waals surface area contributed by atoms with E-state index in [1.807, 2.05) is 0 Å². The molecular weight excluding hydrogens is 390 g/mol. The van der Waals surface area contributed by atoms with E-state index in [-0.39, 0.29) is 17.4 Å². The topological polar surface area (TPSA) is 53.8 Å². The third kappa shape index (κ3) is 10.5. The summed E-state index contributed by atoms with van der Waals surface area (Å²) < 4.78 is 17.6. The standard InChI is InChI=1S/C26H51NO4/c1-25(2)21-23(22-26(3,4)27(25)28)29-18-14-11-9-7-5-6-8-10-12-15-19-30-24-17-13-16-20-31-24/h23-24,28H,5-22H2,1-4H3/p+1. The second kappa shape index (κ2) is 14.1. The molecule has 0 aromatic heterocycles. The van der Waals surface area contributed by atoms with E-state index in [1.165, 1.54) is 77.0 Å². The fourth-order valence-electron chi connectivity index (χ4n) is 5.23. The number of unbranched alkanes of at least 4 members (excludes halogenated alkanes) is 9. The molecule has 0 aromatic rings. The van der Waals surface area contributed by atoms with Gasteiger partial charge in [-0.3, -0.25) is 0 Å². The Bertz CT molecular complexity index is 444. The van der Waals surface area contributed by atoms with Gasteiger partial charge in [0.2, 0.25) is 0 Å². The number of nitrogens with zero attached hydrogens (tertiary/aromatic N) is 1. The lowest BCUT2D eigenvalue weighted by Gasteiger charge is -2.47. The number of rotatable bonds is 15. The Hall–Kier alpha value is -0.200. The summed E-state index contributed by atoms with van der Waals surface area (Å²) in [6.45, 7) is 11.3. The minimum atomic E-state index is -0.108. The van der Waals surface area contributed by atoms with Crippen LogP contribution in [0.15, 0.2) is 0 Å². The molecule has 1 unspecified atom stereocenters. The van der Waals surface area contributed by atoms with Crippen LogP contribution in [0.2, 0.25) is 0 Å². The molecule has 5 heteroatoms. The number of hydroxylamine groups is 2. The van der Waals surface area contributed by atoms with Gasteiger partial charge in [-0.1, -0.05) is 56.4 Å². The molecule has 0 aliphatic carbocycles. The van der Waals surface area contributed by atoms with Crippen LogP contribution < -0.4 is 0 Å². The smallest absolute Gasteiger partial charge is 0.157 e. The molecule has 184 valence electrons. The third-order valence-electron chi connectivity index (χ3n) is 7.00. The van der Waals surface area contributed by atoms with E-state index in [0.29, 0.717) is 6.10 Å². The van der Waals surface area contributed by atoms with Crippen molar-refractivity contribution in [2.24, 2.45) is 0 Å². The van der Waals surface area contributed by atoms with E-state index < -0.39 is 0 Å². The van der Waals surface area contributed by atoms with Gasteiger partial charge < -0.3 is 19.4 Å². The summed E-state index contributed by atoms with van der Waals surface area (Å²) in [5, 5.41) is 10.1. The maximum Gasteiger partial charge on any atom is 0.157 e. The Labute approximate surface area is 192 Å². The molecule has 2 fully saturated rings. The van der Waals surface area contributed by atoms with Crippen LogP contribution in [0.1, 0.15) is 124 Å². The second-order valence-corrected chi connectivity index (χ2v) is 11.1. The minimum Gasteiger partial charge on any atom is -0.378 e. The molecule has 5 nitrogen and oxygen atoms in total. The summed E-state index contributed by atoms with van der Waals surface area (Å²) in [4.78, 5) is 0. The van der Waals surface area contributed by atoms with Gasteiger partial charge in [0.15, 0.2) is 6.29 Å². The monoisotopic (exact) mass is 442 g/mol. The van der Waals surface area contributed by atoms with Crippen LogP contribution >= 0.6 is 0 Å². The van der Waals surface area contributed by atoms with Crippen LogP contribution in [0.5, 0.6) is 0 Å². The van der Waals surface area contributed by atoms with Gasteiger partial charge in [-0.05, 0) is 72.6 Å². The molecule has 2 aliphatic rings. The molecule has 0 spiro atoms. The first-order valence-corrected chi connectivity index (χ1v) is 13.2. The molecule has 1 atom stereocenters. The van der Waals surface area contributed by atoms with Crippen molar-refractivity contribution in [3.8, 4) is 0 Å². The van der Waals surface area contributed by atoms with E-state index in [2.05, 4.69) is 27.7 Å². The van der Waals surface area contributed by atoms with Gasteiger partial charge in [-0.15, -0.1) is 0 Å². The lowest BCUT2D eigenvalue weighted by Crippen LogP contribution is -2.60. The number of hydrogen-bond acceptors (Lipinski definition) is 4. The van der Waals surface area contributed by atoms with Gasteiger partial charge in [0.05, 0.1) is 17.2 Å². The zero-order valence-electron chi connectivity index (χ0n) is 21.1. The van der Waals surface area contributed by atoms with Gasteiger partial charge in [0, 0.05) is 19.8 Å². The summed E-state index contributed by atoms with van der Waals surface area (Å²) in [7, 11) is 0. The molecule has 2 rings (SSSR count). The van der Waals surface area contributed by atoms with Crippen LogP contribution in [0.4, 0.5) is 0 Å². The van der Waals surface area contributed by atoms with Gasteiger partial charge in [0.25, 0.3) is 0 Å². The van der Waals surface area contributed by atoms with Crippen LogP contribution in [-0.4, -0.2) is 53.6 Å². The summed E-state index contributed by atoms with van der Waals surface area (Å²) in [6, 6.07) is 0. The first kappa shape index (κ1) is 27.0. The highest BCUT2D eigenvalue weighted by atomic mass is 16.7. The molecule has 0 saturated carbocycles. The number of ether oxygens (including phenoxy) is 3. The van der Waals surface area contributed by atoms with Gasteiger partial charge >= 0.3 is 0 Å². The van der Waals surface area contributed by atoms with Crippen molar-refractivity contribution in [2.75, 3.05) is 19.8 Å². The van der Waals surface area contributed by atoms with Crippen molar-refractivity contribution < 1.29 is 19.4 Å². The Morgan fingerprint density at radius 1 is 0.742 bits per heavy atom. The van der Waals surface area contributed by atoms with E-state index in [9.17, 15) is 0 Å². The van der Waals surface area contributed by atoms with Gasteiger partial charge in [-0.2, -0.15) is 0 Å². The Morgan fingerprint density at radius 3 is 1.71 bits per heavy atom. The molecule has 2 heterocycles. The highest BCUT2D eigenvalue weighted by Crippen LogP contribution is 2.37. The molecule has 2 saturated heterocycles. The molecule has 2 aliphatic heterocycles. The predicted molar refractivity (Wildman–Crippen MR) is 128 cm³/mol. The summed E-state index contributed by atoms with van der Waals surface area (Å²) in [5.41, 5.74) is -0.216. The molecule has 2 N–H and O–H groups in total. The SMILES string of the molecule is CC1(C)CC(OCCCCCCCCCCCCOC2CCCCO2)CC(C)(C)N1[OH2+]. The zero-order chi connectivity index (χ0) is 22.6. The first-order valence-electron chi connectivity index (χ1n) is 13.2.